The van der Waals surface area contributed by atoms with E-state index in [0.29, 0.717) is 11.0 Å². The summed E-state index contributed by atoms with van der Waals surface area (Å²) in [7, 11) is 0. The highest BCUT2D eigenvalue weighted by Gasteiger charge is 2.26. The molecule has 1 aliphatic carbocycles. The van der Waals surface area contributed by atoms with Gasteiger partial charge in [0.25, 0.3) is 5.91 Å². The molecule has 0 radical (unpaired) electrons. The minimum absolute atomic E-state index is 0.0490. The van der Waals surface area contributed by atoms with Crippen LogP contribution >= 0.6 is 11.3 Å². The van der Waals surface area contributed by atoms with Crippen molar-refractivity contribution in [3.05, 3.63) is 16.9 Å². The molecule has 4 N–H and O–H groups in total. The Morgan fingerprint density at radius 2 is 2.35 bits per heavy atom. The maximum Gasteiger partial charge on any atom is 0.294 e. The number of thiazole rings is 1. The molecule has 0 unspecified atom stereocenters. The number of aromatic amines is 1. The molecule has 0 bridgehead atoms. The van der Waals surface area contributed by atoms with E-state index in [1.165, 1.54) is 24.2 Å². The zero-order valence-corrected chi connectivity index (χ0v) is 9.62. The summed E-state index contributed by atoms with van der Waals surface area (Å²) in [5.41, 5.74) is 6.37. The van der Waals surface area contributed by atoms with Gasteiger partial charge in [0.1, 0.15) is 0 Å². The second-order valence-electron chi connectivity index (χ2n) is 3.85. The summed E-state index contributed by atoms with van der Waals surface area (Å²) in [5, 5.41) is 11.2. The van der Waals surface area contributed by atoms with Crippen LogP contribution in [0.5, 0.6) is 0 Å². The van der Waals surface area contributed by atoms with Crippen molar-refractivity contribution in [3.63, 3.8) is 0 Å². The topological polar surface area (TPSA) is 110 Å². The molecule has 3 rings (SSSR count). The highest BCUT2D eigenvalue weighted by Crippen LogP contribution is 2.40. The highest BCUT2D eigenvalue weighted by atomic mass is 32.1. The third-order valence-electron chi connectivity index (χ3n) is 2.46. The third kappa shape index (κ3) is 2.11. The molecule has 0 spiro atoms. The van der Waals surface area contributed by atoms with E-state index in [0.717, 1.165) is 5.69 Å². The lowest BCUT2D eigenvalue weighted by Crippen LogP contribution is -2.13. The third-order valence-corrected chi connectivity index (χ3v) is 3.23. The van der Waals surface area contributed by atoms with Crippen LogP contribution in [-0.4, -0.2) is 26.1 Å². The Kier molecular flexibility index (Phi) is 2.29. The largest absolute Gasteiger partial charge is 0.366 e. The Bertz CT molecular complexity index is 557. The molecule has 2 heterocycles. The lowest BCUT2D eigenvalue weighted by atomic mass is 10.3. The van der Waals surface area contributed by atoms with Crippen molar-refractivity contribution in [2.45, 2.75) is 18.8 Å². The van der Waals surface area contributed by atoms with Crippen LogP contribution in [0.1, 0.15) is 35.1 Å². The van der Waals surface area contributed by atoms with Crippen LogP contribution in [0.2, 0.25) is 0 Å². The molecule has 0 aliphatic heterocycles. The smallest absolute Gasteiger partial charge is 0.294 e. The first-order valence-corrected chi connectivity index (χ1v) is 6.05. The van der Waals surface area contributed by atoms with Crippen LogP contribution in [0.3, 0.4) is 0 Å². The first-order chi connectivity index (χ1) is 8.22. The number of carbonyl (C=O) groups is 1. The van der Waals surface area contributed by atoms with Crippen LogP contribution in [-0.2, 0) is 0 Å². The van der Waals surface area contributed by atoms with E-state index in [-0.39, 0.29) is 17.7 Å². The lowest BCUT2D eigenvalue weighted by molar-refractivity contribution is 0.101. The number of anilines is 2. The number of nitrogens with two attached hydrogens (primary N) is 1. The van der Waals surface area contributed by atoms with E-state index in [9.17, 15) is 4.79 Å². The SMILES string of the molecule is Nc1n[nH]c(C(=O)Nc2nc(C3CC3)cs2)n1. The van der Waals surface area contributed by atoms with Gasteiger partial charge in [0.15, 0.2) is 5.13 Å². The van der Waals surface area contributed by atoms with Crippen LogP contribution in [0, 0.1) is 0 Å². The van der Waals surface area contributed by atoms with Gasteiger partial charge in [0.05, 0.1) is 5.69 Å². The van der Waals surface area contributed by atoms with Gasteiger partial charge in [0.2, 0.25) is 11.8 Å². The number of H-pyrrole nitrogens is 1. The Morgan fingerprint density at radius 1 is 1.53 bits per heavy atom. The number of amides is 1. The Hall–Kier alpha value is -1.96. The van der Waals surface area contributed by atoms with Gasteiger partial charge in [-0.15, -0.1) is 16.4 Å². The molecule has 1 fully saturated rings. The molecule has 1 amide bonds. The Balaban J connectivity index is 1.71. The molecule has 0 aromatic carbocycles. The zero-order valence-electron chi connectivity index (χ0n) is 8.80. The maximum atomic E-state index is 11.7. The second kappa shape index (κ2) is 3.81. The van der Waals surface area contributed by atoms with Crippen LogP contribution in [0.15, 0.2) is 5.38 Å². The summed E-state index contributed by atoms with van der Waals surface area (Å²) in [6.07, 6.45) is 2.38. The summed E-state index contributed by atoms with van der Waals surface area (Å²) in [6.45, 7) is 0. The summed E-state index contributed by atoms with van der Waals surface area (Å²) >= 11 is 1.41. The Morgan fingerprint density at radius 3 is 3.00 bits per heavy atom. The minimum atomic E-state index is -0.383. The highest BCUT2D eigenvalue weighted by molar-refractivity contribution is 7.14. The monoisotopic (exact) mass is 250 g/mol. The predicted molar refractivity (Wildman–Crippen MR) is 62.8 cm³/mol. The standard InChI is InChI=1S/C9H10N6OS/c10-8-12-6(14-15-8)7(16)13-9-11-5(3-17-9)4-1-2-4/h3-4H,1-2H2,(H,11,13,16)(H3,10,12,14,15). The van der Waals surface area contributed by atoms with E-state index < -0.39 is 0 Å². The van der Waals surface area contributed by atoms with E-state index >= 15 is 0 Å². The molecule has 0 saturated heterocycles. The minimum Gasteiger partial charge on any atom is -0.366 e. The van der Waals surface area contributed by atoms with Crippen molar-refractivity contribution >= 4 is 28.3 Å². The van der Waals surface area contributed by atoms with Gasteiger partial charge >= 0.3 is 0 Å². The Labute approximate surface area is 100 Å². The number of aromatic nitrogens is 4. The van der Waals surface area contributed by atoms with E-state index in [1.54, 1.807) is 0 Å². The average molecular weight is 250 g/mol. The van der Waals surface area contributed by atoms with E-state index in [1.807, 2.05) is 5.38 Å². The quantitative estimate of drug-likeness (QED) is 0.752. The fourth-order valence-electron chi connectivity index (χ4n) is 1.44. The van der Waals surface area contributed by atoms with Gasteiger partial charge < -0.3 is 5.73 Å². The van der Waals surface area contributed by atoms with Gasteiger partial charge in [-0.2, -0.15) is 4.98 Å². The van der Waals surface area contributed by atoms with Crippen LogP contribution < -0.4 is 11.1 Å². The predicted octanol–water partition coefficient (Wildman–Crippen LogP) is 0.973. The summed E-state index contributed by atoms with van der Waals surface area (Å²) in [6, 6.07) is 0. The summed E-state index contributed by atoms with van der Waals surface area (Å²) in [5.74, 6) is 0.336. The van der Waals surface area contributed by atoms with Crippen molar-refractivity contribution in [1.29, 1.82) is 0 Å². The number of nitrogens with one attached hydrogen (secondary N) is 2. The fraction of sp³-hybridized carbons (Fsp3) is 0.333. The van der Waals surface area contributed by atoms with Crippen molar-refractivity contribution < 1.29 is 4.79 Å². The van der Waals surface area contributed by atoms with E-state index in [2.05, 4.69) is 25.5 Å². The molecule has 2 aromatic heterocycles. The van der Waals surface area contributed by atoms with Gasteiger partial charge in [-0.1, -0.05) is 0 Å². The van der Waals surface area contributed by atoms with Crippen LogP contribution in [0.25, 0.3) is 0 Å². The number of rotatable bonds is 3. The van der Waals surface area contributed by atoms with Gasteiger partial charge in [0, 0.05) is 11.3 Å². The number of carbonyl (C=O) groups excluding carboxylic acids is 1. The van der Waals surface area contributed by atoms with Crippen molar-refractivity contribution in [2.75, 3.05) is 11.1 Å². The summed E-state index contributed by atoms with van der Waals surface area (Å²) < 4.78 is 0. The second-order valence-corrected chi connectivity index (χ2v) is 4.71. The number of nitrogen functional groups attached to an aromatic ring is 1. The van der Waals surface area contributed by atoms with E-state index in [4.69, 9.17) is 5.73 Å². The molecule has 88 valence electrons. The van der Waals surface area contributed by atoms with Crippen molar-refractivity contribution in [2.24, 2.45) is 0 Å². The number of hydrogen-bond donors (Lipinski definition) is 3. The molecular weight excluding hydrogens is 240 g/mol. The molecule has 2 aromatic rings. The molecule has 8 heteroatoms. The van der Waals surface area contributed by atoms with Gasteiger partial charge in [-0.25, -0.2) is 4.98 Å². The maximum absolute atomic E-state index is 11.7. The average Bonchev–Trinajstić information content (AvgIpc) is 2.90. The molecule has 1 saturated carbocycles. The van der Waals surface area contributed by atoms with Crippen LogP contribution in [0.4, 0.5) is 11.1 Å². The first-order valence-electron chi connectivity index (χ1n) is 5.17. The number of nitrogens with zero attached hydrogens (tertiary/aromatic N) is 3. The van der Waals surface area contributed by atoms with Crippen molar-refractivity contribution in [1.82, 2.24) is 20.2 Å². The molecule has 0 atom stereocenters. The zero-order chi connectivity index (χ0) is 11.8. The van der Waals surface area contributed by atoms with Gasteiger partial charge in [-0.3, -0.25) is 15.2 Å². The summed E-state index contributed by atoms with van der Waals surface area (Å²) in [4.78, 5) is 19.8. The van der Waals surface area contributed by atoms with Crippen molar-refractivity contribution in [3.8, 4) is 0 Å². The first kappa shape index (κ1) is 10.2. The molecule has 7 nitrogen and oxygen atoms in total. The van der Waals surface area contributed by atoms with Gasteiger partial charge in [-0.05, 0) is 12.8 Å². The lowest BCUT2D eigenvalue weighted by Gasteiger charge is -1.96. The molecule has 1 aliphatic rings. The fourth-order valence-corrected chi connectivity index (χ4v) is 2.23. The molecular formula is C9H10N6OS. The molecule has 17 heavy (non-hydrogen) atoms. The number of hydrogen-bond acceptors (Lipinski definition) is 6. The normalized spacial score (nSPS) is 14.8.